The highest BCUT2D eigenvalue weighted by atomic mass is 79.9. The number of nitrogens with one attached hydrogen (secondary N) is 1. The maximum Gasteiger partial charge on any atom is 0.0702 e. The highest BCUT2D eigenvalue weighted by Gasteiger charge is 2.22. The predicted octanol–water partition coefficient (Wildman–Crippen LogP) is 2.88. The fraction of sp³-hybridized carbons (Fsp3) is 0.455. The second kappa shape index (κ2) is 5.87. The number of ether oxygens (including phenoxy) is 1. The van der Waals surface area contributed by atoms with E-state index in [9.17, 15) is 0 Å². The molecule has 0 amide bonds. The second-order valence-corrected chi connectivity index (χ2v) is 5.21. The SMILES string of the molecule is COCC(C)(CN)Nc1ccc(Br)c(Cl)c1. The normalized spacial score (nSPS) is 14.6. The zero-order chi connectivity index (χ0) is 12.2. The van der Waals surface area contributed by atoms with Crippen LogP contribution in [0.1, 0.15) is 6.92 Å². The number of hydrogen-bond acceptors (Lipinski definition) is 3. The topological polar surface area (TPSA) is 47.3 Å². The first-order valence-corrected chi connectivity index (χ1v) is 6.10. The molecule has 0 fully saturated rings. The van der Waals surface area contributed by atoms with Crippen LogP contribution in [0.25, 0.3) is 0 Å². The molecule has 1 aromatic carbocycles. The third kappa shape index (κ3) is 3.63. The van der Waals surface area contributed by atoms with Crippen molar-refractivity contribution in [1.29, 1.82) is 0 Å². The van der Waals surface area contributed by atoms with Crippen molar-refractivity contribution in [2.45, 2.75) is 12.5 Å². The maximum absolute atomic E-state index is 6.01. The van der Waals surface area contributed by atoms with Gasteiger partial charge in [-0.2, -0.15) is 0 Å². The van der Waals surface area contributed by atoms with E-state index in [1.165, 1.54) is 0 Å². The molecule has 0 aliphatic carbocycles. The maximum atomic E-state index is 6.01. The Hall–Kier alpha value is -0.290. The third-order valence-corrected chi connectivity index (χ3v) is 3.51. The summed E-state index contributed by atoms with van der Waals surface area (Å²) >= 11 is 9.36. The Morgan fingerprint density at radius 3 is 2.75 bits per heavy atom. The molecule has 0 spiro atoms. The van der Waals surface area contributed by atoms with E-state index in [1.807, 2.05) is 25.1 Å². The van der Waals surface area contributed by atoms with E-state index < -0.39 is 0 Å². The zero-order valence-corrected chi connectivity index (χ0v) is 11.7. The number of halogens is 2. The van der Waals surface area contributed by atoms with Gasteiger partial charge in [-0.25, -0.2) is 0 Å². The van der Waals surface area contributed by atoms with Crippen molar-refractivity contribution in [2.75, 3.05) is 25.6 Å². The van der Waals surface area contributed by atoms with Crippen LogP contribution in [-0.4, -0.2) is 25.8 Å². The first-order chi connectivity index (χ1) is 7.50. The highest BCUT2D eigenvalue weighted by Crippen LogP contribution is 2.26. The van der Waals surface area contributed by atoms with Gasteiger partial charge >= 0.3 is 0 Å². The molecule has 0 aromatic heterocycles. The van der Waals surface area contributed by atoms with Crippen molar-refractivity contribution >= 4 is 33.2 Å². The molecule has 0 saturated carbocycles. The van der Waals surface area contributed by atoms with Gasteiger partial charge in [0, 0.05) is 23.8 Å². The Bertz CT molecular complexity index is 362. The summed E-state index contributed by atoms with van der Waals surface area (Å²) in [6.07, 6.45) is 0. The molecule has 3 nitrogen and oxygen atoms in total. The fourth-order valence-corrected chi connectivity index (χ4v) is 1.81. The quantitative estimate of drug-likeness (QED) is 0.879. The molecule has 0 radical (unpaired) electrons. The summed E-state index contributed by atoms with van der Waals surface area (Å²) in [5.74, 6) is 0. The molecule has 16 heavy (non-hydrogen) atoms. The van der Waals surface area contributed by atoms with Crippen LogP contribution < -0.4 is 11.1 Å². The number of rotatable bonds is 5. The van der Waals surface area contributed by atoms with Crippen LogP contribution in [0.4, 0.5) is 5.69 Å². The van der Waals surface area contributed by atoms with Crippen LogP contribution in [0.15, 0.2) is 22.7 Å². The highest BCUT2D eigenvalue weighted by molar-refractivity contribution is 9.10. The predicted molar refractivity (Wildman–Crippen MR) is 72.1 cm³/mol. The Labute approximate surface area is 109 Å². The lowest BCUT2D eigenvalue weighted by Gasteiger charge is -2.29. The van der Waals surface area contributed by atoms with Gasteiger partial charge in [0.25, 0.3) is 0 Å². The summed E-state index contributed by atoms with van der Waals surface area (Å²) in [5.41, 5.74) is 6.37. The monoisotopic (exact) mass is 306 g/mol. The van der Waals surface area contributed by atoms with Crippen LogP contribution in [-0.2, 0) is 4.74 Å². The molecule has 0 heterocycles. The summed E-state index contributed by atoms with van der Waals surface area (Å²) in [7, 11) is 1.66. The lowest BCUT2D eigenvalue weighted by atomic mass is 10.0. The van der Waals surface area contributed by atoms with Gasteiger partial charge < -0.3 is 15.8 Å². The third-order valence-electron chi connectivity index (χ3n) is 2.28. The van der Waals surface area contributed by atoms with E-state index in [2.05, 4.69) is 21.2 Å². The fourth-order valence-electron chi connectivity index (χ4n) is 1.39. The van der Waals surface area contributed by atoms with E-state index in [0.29, 0.717) is 18.2 Å². The molecule has 90 valence electrons. The average molecular weight is 308 g/mol. The molecule has 1 unspecified atom stereocenters. The number of benzene rings is 1. The standard InChI is InChI=1S/C11H16BrClN2O/c1-11(6-14,7-16-2)15-8-3-4-9(12)10(13)5-8/h3-5,15H,6-7,14H2,1-2H3. The minimum absolute atomic E-state index is 0.286. The van der Waals surface area contributed by atoms with Crippen molar-refractivity contribution in [2.24, 2.45) is 5.73 Å². The molecule has 1 atom stereocenters. The van der Waals surface area contributed by atoms with E-state index >= 15 is 0 Å². The van der Waals surface area contributed by atoms with Crippen LogP contribution in [0.5, 0.6) is 0 Å². The van der Waals surface area contributed by atoms with Gasteiger partial charge in [0.15, 0.2) is 0 Å². The van der Waals surface area contributed by atoms with Crippen molar-refractivity contribution in [1.82, 2.24) is 0 Å². The van der Waals surface area contributed by atoms with Gasteiger partial charge in [-0.1, -0.05) is 11.6 Å². The van der Waals surface area contributed by atoms with Crippen molar-refractivity contribution in [3.05, 3.63) is 27.7 Å². The number of hydrogen-bond donors (Lipinski definition) is 2. The molecular weight excluding hydrogens is 291 g/mol. The van der Waals surface area contributed by atoms with E-state index in [0.717, 1.165) is 10.2 Å². The average Bonchev–Trinajstić information content (AvgIpc) is 2.24. The Kier molecular flexibility index (Phi) is 5.05. The summed E-state index contributed by atoms with van der Waals surface area (Å²) < 4.78 is 6.02. The number of nitrogens with two attached hydrogens (primary N) is 1. The van der Waals surface area contributed by atoms with E-state index in [4.69, 9.17) is 22.1 Å². The van der Waals surface area contributed by atoms with Crippen LogP contribution in [0.2, 0.25) is 5.02 Å². The minimum atomic E-state index is -0.286. The van der Waals surface area contributed by atoms with Crippen LogP contribution in [0, 0.1) is 0 Å². The van der Waals surface area contributed by atoms with Gasteiger partial charge in [0.2, 0.25) is 0 Å². The summed E-state index contributed by atoms with van der Waals surface area (Å²) in [4.78, 5) is 0. The first kappa shape index (κ1) is 13.8. The number of methoxy groups -OCH3 is 1. The van der Waals surface area contributed by atoms with Crippen LogP contribution in [0.3, 0.4) is 0 Å². The van der Waals surface area contributed by atoms with Gasteiger partial charge in [0.1, 0.15) is 0 Å². The summed E-state index contributed by atoms with van der Waals surface area (Å²) in [6, 6.07) is 5.70. The second-order valence-electron chi connectivity index (χ2n) is 3.95. The minimum Gasteiger partial charge on any atom is -0.382 e. The van der Waals surface area contributed by atoms with Crippen molar-refractivity contribution in [3.8, 4) is 0 Å². The molecule has 1 rings (SSSR count). The smallest absolute Gasteiger partial charge is 0.0702 e. The van der Waals surface area contributed by atoms with Gasteiger partial charge in [-0.05, 0) is 41.1 Å². The van der Waals surface area contributed by atoms with E-state index in [1.54, 1.807) is 7.11 Å². The molecule has 0 saturated heterocycles. The largest absolute Gasteiger partial charge is 0.382 e. The molecule has 3 N–H and O–H groups in total. The number of anilines is 1. The molecule has 1 aromatic rings. The lowest BCUT2D eigenvalue weighted by molar-refractivity contribution is 0.153. The molecule has 0 aliphatic heterocycles. The lowest BCUT2D eigenvalue weighted by Crippen LogP contribution is -2.46. The zero-order valence-electron chi connectivity index (χ0n) is 9.39. The Morgan fingerprint density at radius 2 is 2.25 bits per heavy atom. The summed E-state index contributed by atoms with van der Waals surface area (Å²) in [5, 5.41) is 3.99. The van der Waals surface area contributed by atoms with Gasteiger partial charge in [-0.15, -0.1) is 0 Å². The Morgan fingerprint density at radius 1 is 1.56 bits per heavy atom. The molecule has 5 heteroatoms. The van der Waals surface area contributed by atoms with E-state index in [-0.39, 0.29) is 5.54 Å². The first-order valence-electron chi connectivity index (χ1n) is 4.93. The summed E-state index contributed by atoms with van der Waals surface area (Å²) in [6.45, 7) is 3.03. The molecule has 0 aliphatic rings. The van der Waals surface area contributed by atoms with Crippen LogP contribution >= 0.6 is 27.5 Å². The molecule has 0 bridgehead atoms. The van der Waals surface area contributed by atoms with Gasteiger partial charge in [-0.3, -0.25) is 0 Å². The van der Waals surface area contributed by atoms with Crippen molar-refractivity contribution in [3.63, 3.8) is 0 Å². The van der Waals surface area contributed by atoms with Gasteiger partial charge in [0.05, 0.1) is 17.2 Å². The Balaban J connectivity index is 2.81. The van der Waals surface area contributed by atoms with Crippen molar-refractivity contribution < 1.29 is 4.74 Å². The molecular formula is C11H16BrClN2O.